The van der Waals surface area contributed by atoms with Gasteiger partial charge < -0.3 is 20.6 Å². The van der Waals surface area contributed by atoms with E-state index in [1.807, 2.05) is 19.0 Å². The zero-order chi connectivity index (χ0) is 19.1. The molecule has 3 N–H and O–H groups in total. The van der Waals surface area contributed by atoms with Crippen molar-refractivity contribution in [1.82, 2.24) is 15.5 Å². The zero-order valence-electron chi connectivity index (χ0n) is 14.7. The average Bonchev–Trinajstić information content (AvgIpc) is 2.60. The van der Waals surface area contributed by atoms with Gasteiger partial charge in [0.05, 0.1) is 11.6 Å². The summed E-state index contributed by atoms with van der Waals surface area (Å²) in [6.07, 6.45) is 0. The fourth-order valence-electron chi connectivity index (χ4n) is 2.45. The van der Waals surface area contributed by atoms with E-state index >= 15 is 0 Å². The lowest BCUT2D eigenvalue weighted by atomic mass is 10.1. The summed E-state index contributed by atoms with van der Waals surface area (Å²) >= 11 is 0. The molecule has 138 valence electrons. The van der Waals surface area contributed by atoms with Crippen molar-refractivity contribution >= 4 is 12.0 Å². The van der Waals surface area contributed by atoms with Crippen LogP contribution in [0.15, 0.2) is 48.5 Å². The van der Waals surface area contributed by atoms with Gasteiger partial charge in [-0.15, -0.1) is 0 Å². The smallest absolute Gasteiger partial charge is 0.335 e. The number of urea groups is 1. The number of carboxylic acid groups (broad SMARTS) is 1. The third kappa shape index (κ3) is 5.86. The van der Waals surface area contributed by atoms with Gasteiger partial charge in [-0.1, -0.05) is 24.3 Å². The Morgan fingerprint density at radius 2 is 1.69 bits per heavy atom. The summed E-state index contributed by atoms with van der Waals surface area (Å²) in [7, 11) is 3.78. The first kappa shape index (κ1) is 19.4. The fraction of sp³-hybridized carbons (Fsp3) is 0.263. The predicted octanol–water partition coefficient (Wildman–Crippen LogP) is 2.63. The van der Waals surface area contributed by atoms with Gasteiger partial charge in [-0.25, -0.2) is 14.0 Å². The lowest BCUT2D eigenvalue weighted by Gasteiger charge is -2.23. The highest BCUT2D eigenvalue weighted by Gasteiger charge is 2.15. The lowest BCUT2D eigenvalue weighted by Crippen LogP contribution is -2.41. The summed E-state index contributed by atoms with van der Waals surface area (Å²) in [5.41, 5.74) is 1.79. The Hall–Kier alpha value is -2.93. The zero-order valence-corrected chi connectivity index (χ0v) is 14.7. The quantitative estimate of drug-likeness (QED) is 0.710. The summed E-state index contributed by atoms with van der Waals surface area (Å²) in [6.45, 7) is 0.830. The van der Waals surface area contributed by atoms with Gasteiger partial charge in [0, 0.05) is 13.1 Å². The van der Waals surface area contributed by atoms with E-state index in [9.17, 15) is 14.0 Å². The molecule has 0 radical (unpaired) electrons. The molecule has 0 fully saturated rings. The summed E-state index contributed by atoms with van der Waals surface area (Å²) in [4.78, 5) is 25.0. The maximum atomic E-state index is 13.1. The Bertz CT molecular complexity index is 746. The van der Waals surface area contributed by atoms with Crippen LogP contribution < -0.4 is 10.6 Å². The third-order valence-corrected chi connectivity index (χ3v) is 3.78. The van der Waals surface area contributed by atoms with Crippen molar-refractivity contribution in [1.29, 1.82) is 0 Å². The number of benzene rings is 2. The topological polar surface area (TPSA) is 81.7 Å². The number of aromatic carboxylic acids is 1. The number of carboxylic acids is 1. The van der Waals surface area contributed by atoms with Crippen molar-refractivity contribution < 1.29 is 19.1 Å². The molecule has 0 heterocycles. The minimum Gasteiger partial charge on any atom is -0.478 e. The van der Waals surface area contributed by atoms with Crippen molar-refractivity contribution in [3.63, 3.8) is 0 Å². The Kier molecular flexibility index (Phi) is 6.68. The highest BCUT2D eigenvalue weighted by molar-refractivity contribution is 5.87. The summed E-state index contributed by atoms with van der Waals surface area (Å²) in [6, 6.07) is 11.7. The number of hydrogen-bond acceptors (Lipinski definition) is 3. The second kappa shape index (κ2) is 8.96. The first-order valence-corrected chi connectivity index (χ1v) is 8.12. The van der Waals surface area contributed by atoms with Crippen LogP contribution in [0.4, 0.5) is 9.18 Å². The van der Waals surface area contributed by atoms with Crippen LogP contribution in [0, 0.1) is 5.82 Å². The van der Waals surface area contributed by atoms with E-state index in [1.165, 1.54) is 24.3 Å². The number of rotatable bonds is 7. The molecule has 0 saturated heterocycles. The van der Waals surface area contributed by atoms with E-state index < -0.39 is 5.97 Å². The largest absolute Gasteiger partial charge is 0.478 e. The van der Waals surface area contributed by atoms with E-state index in [1.54, 1.807) is 24.3 Å². The van der Waals surface area contributed by atoms with Crippen LogP contribution in [-0.4, -0.2) is 42.6 Å². The normalized spacial score (nSPS) is 11.8. The predicted molar refractivity (Wildman–Crippen MR) is 96.5 cm³/mol. The van der Waals surface area contributed by atoms with Gasteiger partial charge in [-0.3, -0.25) is 0 Å². The van der Waals surface area contributed by atoms with E-state index in [4.69, 9.17) is 5.11 Å². The molecule has 1 unspecified atom stereocenters. The van der Waals surface area contributed by atoms with Crippen LogP contribution in [0.2, 0.25) is 0 Å². The van der Waals surface area contributed by atoms with Crippen LogP contribution in [0.3, 0.4) is 0 Å². The van der Waals surface area contributed by atoms with Crippen LogP contribution in [0.1, 0.15) is 27.5 Å². The average molecular weight is 359 g/mol. The van der Waals surface area contributed by atoms with Crippen LogP contribution in [0.5, 0.6) is 0 Å². The SMILES string of the molecule is CN(C)CC(NC(=O)NCc1ccc(C(=O)O)cc1)c1ccc(F)cc1. The van der Waals surface area contributed by atoms with Gasteiger partial charge in [0.15, 0.2) is 0 Å². The number of carbonyl (C=O) groups excluding carboxylic acids is 1. The lowest BCUT2D eigenvalue weighted by molar-refractivity contribution is 0.0697. The molecule has 0 saturated carbocycles. The van der Waals surface area contributed by atoms with E-state index in [2.05, 4.69) is 10.6 Å². The Labute approximate surface area is 151 Å². The summed E-state index contributed by atoms with van der Waals surface area (Å²) in [5, 5.41) is 14.5. The first-order chi connectivity index (χ1) is 12.3. The molecule has 0 aliphatic carbocycles. The molecule has 6 nitrogen and oxygen atoms in total. The van der Waals surface area contributed by atoms with Crippen molar-refractivity contribution in [2.24, 2.45) is 0 Å². The van der Waals surface area contributed by atoms with Crippen molar-refractivity contribution in [3.05, 3.63) is 71.0 Å². The first-order valence-electron chi connectivity index (χ1n) is 8.12. The van der Waals surface area contributed by atoms with E-state index in [0.29, 0.717) is 6.54 Å². The van der Waals surface area contributed by atoms with Crippen molar-refractivity contribution in [2.75, 3.05) is 20.6 Å². The van der Waals surface area contributed by atoms with Crippen molar-refractivity contribution in [3.8, 4) is 0 Å². The van der Waals surface area contributed by atoms with Gasteiger partial charge in [-0.2, -0.15) is 0 Å². The van der Waals surface area contributed by atoms with Gasteiger partial charge in [0.1, 0.15) is 5.82 Å². The Morgan fingerprint density at radius 1 is 1.08 bits per heavy atom. The molecule has 2 rings (SSSR count). The molecule has 2 amide bonds. The minimum absolute atomic E-state index is 0.195. The molecule has 26 heavy (non-hydrogen) atoms. The maximum absolute atomic E-state index is 13.1. The molecular weight excluding hydrogens is 337 g/mol. The molecule has 0 spiro atoms. The van der Waals surface area contributed by atoms with Gasteiger partial charge >= 0.3 is 12.0 Å². The van der Waals surface area contributed by atoms with Gasteiger partial charge in [-0.05, 0) is 49.5 Å². The van der Waals surface area contributed by atoms with E-state index in [-0.39, 0.29) is 30.0 Å². The number of nitrogens with zero attached hydrogens (tertiary/aromatic N) is 1. The second-order valence-corrected chi connectivity index (χ2v) is 6.20. The highest BCUT2D eigenvalue weighted by Crippen LogP contribution is 2.14. The molecule has 0 aromatic heterocycles. The van der Waals surface area contributed by atoms with Crippen LogP contribution in [0.25, 0.3) is 0 Å². The number of hydrogen-bond donors (Lipinski definition) is 3. The number of amides is 2. The number of nitrogens with one attached hydrogen (secondary N) is 2. The van der Waals surface area contributed by atoms with Crippen LogP contribution in [-0.2, 0) is 6.54 Å². The highest BCUT2D eigenvalue weighted by atomic mass is 19.1. The summed E-state index contributed by atoms with van der Waals surface area (Å²) < 4.78 is 13.1. The van der Waals surface area contributed by atoms with Crippen LogP contribution >= 0.6 is 0 Å². The van der Waals surface area contributed by atoms with E-state index in [0.717, 1.165) is 11.1 Å². The second-order valence-electron chi connectivity index (χ2n) is 6.20. The molecular formula is C19H22FN3O3. The minimum atomic E-state index is -0.993. The fourth-order valence-corrected chi connectivity index (χ4v) is 2.45. The number of likely N-dealkylation sites (N-methyl/N-ethyl adjacent to an activating group) is 1. The molecule has 2 aromatic rings. The van der Waals surface area contributed by atoms with Crippen molar-refractivity contribution in [2.45, 2.75) is 12.6 Å². The molecule has 0 aliphatic heterocycles. The van der Waals surface area contributed by atoms with Gasteiger partial charge in [0.25, 0.3) is 0 Å². The standard InChI is InChI=1S/C19H22FN3O3/c1-23(2)12-17(14-7-9-16(20)10-8-14)22-19(26)21-11-13-3-5-15(6-4-13)18(24)25/h3-10,17H,11-12H2,1-2H3,(H,24,25)(H2,21,22,26). The van der Waals surface area contributed by atoms with Gasteiger partial charge in [0.2, 0.25) is 0 Å². The number of halogens is 1. The molecule has 7 heteroatoms. The Morgan fingerprint density at radius 3 is 2.23 bits per heavy atom. The number of carbonyl (C=O) groups is 2. The summed E-state index contributed by atoms with van der Waals surface area (Å²) in [5.74, 6) is -1.32. The molecule has 1 atom stereocenters. The molecule has 0 bridgehead atoms. The molecule has 2 aromatic carbocycles. The third-order valence-electron chi connectivity index (χ3n) is 3.78. The maximum Gasteiger partial charge on any atom is 0.335 e. The molecule has 0 aliphatic rings. The Balaban J connectivity index is 1.95. The monoisotopic (exact) mass is 359 g/mol.